The minimum absolute atomic E-state index is 0.0944. The summed E-state index contributed by atoms with van der Waals surface area (Å²) in [6.45, 7) is 1.95. The van der Waals surface area contributed by atoms with E-state index in [4.69, 9.17) is 0 Å². The average molecular weight is 195 g/mol. The highest BCUT2D eigenvalue weighted by Gasteiger charge is 2.18. The molecule has 0 radical (unpaired) electrons. The number of nitrogens with one attached hydrogen (secondary N) is 1. The van der Waals surface area contributed by atoms with Crippen LogP contribution < -0.4 is 5.32 Å². The second kappa shape index (κ2) is 3.96. The number of benzene rings is 1. The number of hydrogen-bond acceptors (Lipinski definition) is 2. The quantitative estimate of drug-likeness (QED) is 0.718. The summed E-state index contributed by atoms with van der Waals surface area (Å²) in [5.41, 5.74) is 0.882. The molecule has 1 aromatic rings. The maximum atomic E-state index is 12.7. The predicted molar refractivity (Wildman–Crippen MR) is 52.9 cm³/mol. The fourth-order valence-corrected chi connectivity index (χ4v) is 1.99. The lowest BCUT2D eigenvalue weighted by atomic mass is 9.89. The summed E-state index contributed by atoms with van der Waals surface area (Å²) in [5.74, 6) is 0.0916. The Morgan fingerprint density at radius 3 is 2.64 bits per heavy atom. The first-order chi connectivity index (χ1) is 6.77. The number of hydrogen-bond donors (Lipinski definition) is 2. The predicted octanol–water partition coefficient (Wildman–Crippen LogP) is 2.00. The monoisotopic (exact) mass is 195 g/mol. The Kier molecular flexibility index (Phi) is 2.68. The summed E-state index contributed by atoms with van der Waals surface area (Å²) in [6.07, 6.45) is 2.03. The Balaban J connectivity index is 2.22. The number of phenols is 1. The molecule has 0 atom stereocenters. The van der Waals surface area contributed by atoms with Crippen LogP contribution in [0.2, 0.25) is 0 Å². The lowest BCUT2D eigenvalue weighted by molar-refractivity contribution is 0.421. The molecule has 1 aromatic carbocycles. The van der Waals surface area contributed by atoms with Crippen molar-refractivity contribution in [2.45, 2.75) is 18.8 Å². The van der Waals surface area contributed by atoms with E-state index >= 15 is 0 Å². The number of aromatic hydroxyl groups is 1. The van der Waals surface area contributed by atoms with Crippen LogP contribution in [0.3, 0.4) is 0 Å². The largest absolute Gasteiger partial charge is 0.508 e. The van der Waals surface area contributed by atoms with Crippen LogP contribution in [-0.2, 0) is 0 Å². The van der Waals surface area contributed by atoms with Crippen molar-refractivity contribution >= 4 is 0 Å². The molecule has 0 saturated carbocycles. The molecule has 0 bridgehead atoms. The Morgan fingerprint density at radius 2 is 2.00 bits per heavy atom. The first-order valence-electron chi connectivity index (χ1n) is 4.96. The fraction of sp³-hybridized carbons (Fsp3) is 0.455. The molecule has 0 aliphatic carbocycles. The van der Waals surface area contributed by atoms with Crippen molar-refractivity contribution in [1.29, 1.82) is 0 Å². The van der Waals surface area contributed by atoms with Crippen molar-refractivity contribution in [2.24, 2.45) is 0 Å². The molecule has 1 aliphatic heterocycles. The summed E-state index contributed by atoms with van der Waals surface area (Å²) in [6, 6.07) is 4.30. The SMILES string of the molecule is Oc1cc(F)ccc1C1CCNCC1. The van der Waals surface area contributed by atoms with Gasteiger partial charge in [0, 0.05) is 6.07 Å². The molecule has 1 fully saturated rings. The Labute approximate surface area is 82.8 Å². The van der Waals surface area contributed by atoms with Gasteiger partial charge in [-0.25, -0.2) is 4.39 Å². The van der Waals surface area contributed by atoms with E-state index in [0.29, 0.717) is 5.92 Å². The van der Waals surface area contributed by atoms with Crippen LogP contribution in [0.15, 0.2) is 18.2 Å². The molecular formula is C11H14FNO. The minimum atomic E-state index is -0.375. The van der Waals surface area contributed by atoms with Gasteiger partial charge in [0.1, 0.15) is 11.6 Å². The zero-order valence-corrected chi connectivity index (χ0v) is 7.96. The molecule has 3 heteroatoms. The third-order valence-electron chi connectivity index (χ3n) is 2.77. The molecule has 2 nitrogen and oxygen atoms in total. The van der Waals surface area contributed by atoms with Crippen LogP contribution in [0.5, 0.6) is 5.75 Å². The van der Waals surface area contributed by atoms with Gasteiger partial charge >= 0.3 is 0 Å². The van der Waals surface area contributed by atoms with Gasteiger partial charge in [-0.15, -0.1) is 0 Å². The molecule has 0 aromatic heterocycles. The lowest BCUT2D eigenvalue weighted by Crippen LogP contribution is -2.26. The van der Waals surface area contributed by atoms with Crippen LogP contribution in [0.4, 0.5) is 4.39 Å². The average Bonchev–Trinajstić information content (AvgIpc) is 2.19. The number of piperidine rings is 1. The van der Waals surface area contributed by atoms with Gasteiger partial charge < -0.3 is 10.4 Å². The molecule has 1 aliphatic rings. The second-order valence-corrected chi connectivity index (χ2v) is 3.73. The highest BCUT2D eigenvalue weighted by atomic mass is 19.1. The molecule has 1 heterocycles. The third kappa shape index (κ3) is 1.87. The van der Waals surface area contributed by atoms with Crippen molar-refractivity contribution in [3.8, 4) is 5.75 Å². The van der Waals surface area contributed by atoms with E-state index in [-0.39, 0.29) is 11.6 Å². The minimum Gasteiger partial charge on any atom is -0.508 e. The highest BCUT2D eigenvalue weighted by Crippen LogP contribution is 2.32. The van der Waals surface area contributed by atoms with Crippen molar-refractivity contribution in [1.82, 2.24) is 5.32 Å². The molecule has 76 valence electrons. The zero-order chi connectivity index (χ0) is 9.97. The smallest absolute Gasteiger partial charge is 0.126 e. The van der Waals surface area contributed by atoms with Crippen molar-refractivity contribution in [3.05, 3.63) is 29.6 Å². The summed E-state index contributed by atoms with van der Waals surface area (Å²) in [5, 5.41) is 12.8. The summed E-state index contributed by atoms with van der Waals surface area (Å²) in [7, 11) is 0. The molecule has 2 N–H and O–H groups in total. The van der Waals surface area contributed by atoms with Crippen LogP contribution in [0.1, 0.15) is 24.3 Å². The number of halogens is 1. The summed E-state index contributed by atoms with van der Waals surface area (Å²) < 4.78 is 12.7. The topological polar surface area (TPSA) is 32.3 Å². The molecule has 0 unspecified atom stereocenters. The van der Waals surface area contributed by atoms with Gasteiger partial charge in [0.25, 0.3) is 0 Å². The van der Waals surface area contributed by atoms with Crippen molar-refractivity contribution < 1.29 is 9.50 Å². The Morgan fingerprint density at radius 1 is 1.29 bits per heavy atom. The van der Waals surface area contributed by atoms with E-state index in [1.807, 2.05) is 0 Å². The third-order valence-corrected chi connectivity index (χ3v) is 2.77. The Hall–Kier alpha value is -1.09. The van der Waals surface area contributed by atoms with E-state index < -0.39 is 0 Å². The van der Waals surface area contributed by atoms with Gasteiger partial charge in [-0.2, -0.15) is 0 Å². The van der Waals surface area contributed by atoms with E-state index in [1.165, 1.54) is 12.1 Å². The maximum absolute atomic E-state index is 12.7. The Bertz CT molecular complexity index is 321. The van der Waals surface area contributed by atoms with Gasteiger partial charge in [0.05, 0.1) is 0 Å². The van der Waals surface area contributed by atoms with Gasteiger partial charge in [0.15, 0.2) is 0 Å². The molecule has 1 saturated heterocycles. The number of phenolic OH excluding ortho intramolecular Hbond substituents is 1. The van der Waals surface area contributed by atoms with Crippen LogP contribution >= 0.6 is 0 Å². The van der Waals surface area contributed by atoms with Crippen LogP contribution in [-0.4, -0.2) is 18.2 Å². The van der Waals surface area contributed by atoms with E-state index in [2.05, 4.69) is 5.32 Å². The standard InChI is InChI=1S/C11H14FNO/c12-9-1-2-10(11(14)7-9)8-3-5-13-6-4-8/h1-2,7-8,13-14H,3-6H2. The zero-order valence-electron chi connectivity index (χ0n) is 7.96. The van der Waals surface area contributed by atoms with E-state index in [1.54, 1.807) is 6.07 Å². The van der Waals surface area contributed by atoms with E-state index in [9.17, 15) is 9.50 Å². The molecule has 0 amide bonds. The summed E-state index contributed by atoms with van der Waals surface area (Å²) >= 11 is 0. The normalized spacial score (nSPS) is 18.4. The number of rotatable bonds is 1. The summed E-state index contributed by atoms with van der Waals surface area (Å²) in [4.78, 5) is 0. The molecule has 0 spiro atoms. The lowest BCUT2D eigenvalue weighted by Gasteiger charge is -2.23. The van der Waals surface area contributed by atoms with Gasteiger partial charge in [-0.3, -0.25) is 0 Å². The second-order valence-electron chi connectivity index (χ2n) is 3.73. The van der Waals surface area contributed by atoms with Gasteiger partial charge in [-0.05, 0) is 43.5 Å². The maximum Gasteiger partial charge on any atom is 0.126 e. The first kappa shape index (κ1) is 9.46. The molecular weight excluding hydrogens is 181 g/mol. The van der Waals surface area contributed by atoms with Crippen molar-refractivity contribution in [3.63, 3.8) is 0 Å². The van der Waals surface area contributed by atoms with Crippen molar-refractivity contribution in [2.75, 3.05) is 13.1 Å². The van der Waals surface area contributed by atoms with Crippen LogP contribution in [0, 0.1) is 5.82 Å². The molecule has 2 rings (SSSR count). The first-order valence-corrected chi connectivity index (χ1v) is 4.96. The van der Waals surface area contributed by atoms with E-state index in [0.717, 1.165) is 31.5 Å². The highest BCUT2D eigenvalue weighted by molar-refractivity contribution is 5.35. The van der Waals surface area contributed by atoms with Gasteiger partial charge in [-0.1, -0.05) is 6.07 Å². The molecule has 14 heavy (non-hydrogen) atoms. The van der Waals surface area contributed by atoms with Gasteiger partial charge in [0.2, 0.25) is 0 Å². The fourth-order valence-electron chi connectivity index (χ4n) is 1.99. The van der Waals surface area contributed by atoms with Crippen LogP contribution in [0.25, 0.3) is 0 Å².